The fourth-order valence-electron chi connectivity index (χ4n) is 2.98. The van der Waals surface area contributed by atoms with E-state index in [1.165, 1.54) is 5.57 Å². The van der Waals surface area contributed by atoms with Gasteiger partial charge in [-0.1, -0.05) is 6.08 Å². The fourth-order valence-corrected chi connectivity index (χ4v) is 2.98. The molecule has 0 unspecified atom stereocenters. The molecule has 2 aliphatic rings. The minimum absolute atomic E-state index is 0.0801. The van der Waals surface area contributed by atoms with Crippen LogP contribution in [-0.2, 0) is 9.53 Å². The molecule has 21 heavy (non-hydrogen) atoms. The number of hydrogen-bond donors (Lipinski definition) is 1. The smallest absolute Gasteiger partial charge is 0.320 e. The molecule has 2 amide bonds. The van der Waals surface area contributed by atoms with Crippen LogP contribution in [0.4, 0.5) is 4.79 Å². The number of carboxylic acids is 1. The maximum atomic E-state index is 12.4. The van der Waals surface area contributed by atoms with Gasteiger partial charge < -0.3 is 19.6 Å². The van der Waals surface area contributed by atoms with Gasteiger partial charge in [-0.3, -0.25) is 4.79 Å². The minimum Gasteiger partial charge on any atom is -0.481 e. The molecule has 2 aliphatic heterocycles. The molecule has 0 aromatic rings. The summed E-state index contributed by atoms with van der Waals surface area (Å²) in [5, 5.41) is 8.81. The first-order valence-electron chi connectivity index (χ1n) is 7.52. The molecule has 0 aromatic carbocycles. The fraction of sp³-hybridized carbons (Fsp3) is 0.733. The third-order valence-corrected chi connectivity index (χ3v) is 4.25. The number of likely N-dealkylation sites (tertiary alicyclic amines) is 1. The molecule has 2 heterocycles. The molecule has 0 radical (unpaired) electrons. The Balaban J connectivity index is 1.79. The van der Waals surface area contributed by atoms with Gasteiger partial charge in [0, 0.05) is 39.7 Å². The first-order chi connectivity index (χ1) is 10.1. The second kappa shape index (κ2) is 7.45. The number of carboxylic acid groups (broad SMARTS) is 1. The van der Waals surface area contributed by atoms with Gasteiger partial charge in [-0.2, -0.15) is 0 Å². The highest BCUT2D eigenvalue weighted by Crippen LogP contribution is 2.22. The number of piperidine rings is 1. The quantitative estimate of drug-likeness (QED) is 0.800. The zero-order valence-electron chi connectivity index (χ0n) is 12.6. The molecule has 0 saturated carbocycles. The number of aliphatic carboxylic acids is 1. The molecule has 1 fully saturated rings. The van der Waals surface area contributed by atoms with Crippen molar-refractivity contribution in [3.63, 3.8) is 0 Å². The Morgan fingerprint density at radius 2 is 2.00 bits per heavy atom. The molecular weight excluding hydrogens is 272 g/mol. The average molecular weight is 296 g/mol. The van der Waals surface area contributed by atoms with Gasteiger partial charge >= 0.3 is 12.0 Å². The summed E-state index contributed by atoms with van der Waals surface area (Å²) in [6.45, 7) is 3.36. The molecule has 118 valence electrons. The van der Waals surface area contributed by atoms with Gasteiger partial charge in [0.1, 0.15) is 0 Å². The average Bonchev–Trinajstić information content (AvgIpc) is 2.48. The number of amides is 2. The van der Waals surface area contributed by atoms with Crippen LogP contribution in [0.1, 0.15) is 25.7 Å². The van der Waals surface area contributed by atoms with Crippen molar-refractivity contribution in [1.82, 2.24) is 9.80 Å². The molecule has 2 rings (SSSR count). The lowest BCUT2D eigenvalue weighted by Gasteiger charge is -2.36. The van der Waals surface area contributed by atoms with E-state index in [2.05, 4.69) is 6.08 Å². The number of ether oxygens (including phenoxy) is 1. The van der Waals surface area contributed by atoms with Crippen molar-refractivity contribution < 1.29 is 19.4 Å². The SMILES string of the molecule is COCC1=CCN(C(=O)N2CCC(CC(=O)O)CC2)CC1. The molecule has 1 saturated heterocycles. The lowest BCUT2D eigenvalue weighted by atomic mass is 9.94. The number of hydrogen-bond acceptors (Lipinski definition) is 3. The van der Waals surface area contributed by atoms with Gasteiger partial charge in [0.2, 0.25) is 0 Å². The molecule has 1 N–H and O–H groups in total. The lowest BCUT2D eigenvalue weighted by Crippen LogP contribution is -2.48. The molecule has 0 bridgehead atoms. The van der Waals surface area contributed by atoms with E-state index in [4.69, 9.17) is 9.84 Å². The molecule has 6 nitrogen and oxygen atoms in total. The van der Waals surface area contributed by atoms with Gasteiger partial charge in [-0.25, -0.2) is 4.79 Å². The molecule has 0 atom stereocenters. The van der Waals surface area contributed by atoms with Crippen LogP contribution in [0.3, 0.4) is 0 Å². The van der Waals surface area contributed by atoms with Gasteiger partial charge in [0.25, 0.3) is 0 Å². The van der Waals surface area contributed by atoms with Crippen molar-refractivity contribution in [1.29, 1.82) is 0 Å². The van der Waals surface area contributed by atoms with Gasteiger partial charge in [-0.05, 0) is 30.8 Å². The van der Waals surface area contributed by atoms with E-state index in [0.29, 0.717) is 26.2 Å². The predicted octanol–water partition coefficient (Wildman–Crippen LogP) is 1.57. The van der Waals surface area contributed by atoms with Crippen molar-refractivity contribution in [3.8, 4) is 0 Å². The monoisotopic (exact) mass is 296 g/mol. The Kier molecular flexibility index (Phi) is 5.61. The molecule has 0 spiro atoms. The van der Waals surface area contributed by atoms with Crippen LogP contribution in [0.5, 0.6) is 0 Å². The third kappa shape index (κ3) is 4.46. The summed E-state index contributed by atoms with van der Waals surface area (Å²) >= 11 is 0. The summed E-state index contributed by atoms with van der Waals surface area (Å²) in [5.41, 5.74) is 1.25. The van der Waals surface area contributed by atoms with Crippen LogP contribution in [0.15, 0.2) is 11.6 Å². The van der Waals surface area contributed by atoms with Crippen LogP contribution in [0.2, 0.25) is 0 Å². The van der Waals surface area contributed by atoms with E-state index < -0.39 is 5.97 Å². The first kappa shape index (κ1) is 15.8. The van der Waals surface area contributed by atoms with Crippen LogP contribution >= 0.6 is 0 Å². The topological polar surface area (TPSA) is 70.1 Å². The Hall–Kier alpha value is -1.56. The highest BCUT2D eigenvalue weighted by Gasteiger charge is 2.27. The number of nitrogens with zero attached hydrogens (tertiary/aromatic N) is 2. The zero-order valence-corrected chi connectivity index (χ0v) is 12.6. The maximum absolute atomic E-state index is 12.4. The minimum atomic E-state index is -0.744. The Morgan fingerprint density at radius 1 is 1.29 bits per heavy atom. The molecule has 0 aromatic heterocycles. The highest BCUT2D eigenvalue weighted by molar-refractivity contribution is 5.75. The van der Waals surface area contributed by atoms with Crippen molar-refractivity contribution in [2.75, 3.05) is 39.9 Å². The summed E-state index contributed by atoms with van der Waals surface area (Å²) in [5.74, 6) is -0.535. The normalized spacial score (nSPS) is 20.3. The molecular formula is C15H24N2O4. The number of urea groups is 1. The predicted molar refractivity (Wildman–Crippen MR) is 78.1 cm³/mol. The van der Waals surface area contributed by atoms with Crippen LogP contribution in [0, 0.1) is 5.92 Å². The highest BCUT2D eigenvalue weighted by atomic mass is 16.5. The first-order valence-corrected chi connectivity index (χ1v) is 7.52. The van der Waals surface area contributed by atoms with Gasteiger partial charge in [0.05, 0.1) is 6.61 Å². The van der Waals surface area contributed by atoms with E-state index in [0.717, 1.165) is 25.8 Å². The Labute approximate surface area is 125 Å². The summed E-state index contributed by atoms with van der Waals surface area (Å²) in [6.07, 6.45) is 4.74. The number of carbonyl (C=O) groups excluding carboxylic acids is 1. The standard InChI is InChI=1S/C15H24N2O4/c1-21-11-13-4-8-17(9-5-13)15(20)16-6-2-12(3-7-16)10-14(18)19/h4,12H,2-3,5-11H2,1H3,(H,18,19). The number of carbonyl (C=O) groups is 2. The van der Waals surface area contributed by atoms with Crippen LogP contribution in [0.25, 0.3) is 0 Å². The Bertz CT molecular complexity index is 414. The van der Waals surface area contributed by atoms with Crippen LogP contribution in [-0.4, -0.2) is 66.8 Å². The van der Waals surface area contributed by atoms with Gasteiger partial charge in [-0.15, -0.1) is 0 Å². The van der Waals surface area contributed by atoms with Crippen LogP contribution < -0.4 is 0 Å². The second-order valence-corrected chi connectivity index (χ2v) is 5.80. The van der Waals surface area contributed by atoms with Crippen molar-refractivity contribution in [2.45, 2.75) is 25.7 Å². The zero-order chi connectivity index (χ0) is 15.2. The largest absolute Gasteiger partial charge is 0.481 e. The van der Waals surface area contributed by atoms with E-state index in [1.54, 1.807) is 7.11 Å². The van der Waals surface area contributed by atoms with E-state index >= 15 is 0 Å². The van der Waals surface area contributed by atoms with E-state index in [9.17, 15) is 9.59 Å². The summed E-state index contributed by atoms with van der Waals surface area (Å²) in [7, 11) is 1.68. The van der Waals surface area contributed by atoms with Gasteiger partial charge in [0.15, 0.2) is 0 Å². The lowest BCUT2D eigenvalue weighted by molar-refractivity contribution is -0.138. The number of rotatable bonds is 4. The summed E-state index contributed by atoms with van der Waals surface area (Å²) in [6, 6.07) is 0.0801. The molecule has 0 aliphatic carbocycles. The Morgan fingerprint density at radius 3 is 2.52 bits per heavy atom. The summed E-state index contributed by atoms with van der Waals surface area (Å²) < 4.78 is 5.11. The van der Waals surface area contributed by atoms with E-state index in [-0.39, 0.29) is 18.4 Å². The number of methoxy groups -OCH3 is 1. The summed E-state index contributed by atoms with van der Waals surface area (Å²) in [4.78, 5) is 26.8. The molecule has 6 heteroatoms. The van der Waals surface area contributed by atoms with Crippen molar-refractivity contribution in [3.05, 3.63) is 11.6 Å². The van der Waals surface area contributed by atoms with E-state index in [1.807, 2.05) is 9.80 Å². The maximum Gasteiger partial charge on any atom is 0.320 e. The van der Waals surface area contributed by atoms with Crippen molar-refractivity contribution in [2.24, 2.45) is 5.92 Å². The second-order valence-electron chi connectivity index (χ2n) is 5.80. The third-order valence-electron chi connectivity index (χ3n) is 4.25. The van der Waals surface area contributed by atoms with Crippen molar-refractivity contribution >= 4 is 12.0 Å².